The van der Waals surface area contributed by atoms with Crippen molar-refractivity contribution in [3.05, 3.63) is 33.1 Å². The van der Waals surface area contributed by atoms with E-state index in [1.54, 1.807) is 6.92 Å². The van der Waals surface area contributed by atoms with Crippen LogP contribution in [0.2, 0.25) is 0 Å². The van der Waals surface area contributed by atoms with Crippen molar-refractivity contribution in [2.75, 3.05) is 0 Å². The van der Waals surface area contributed by atoms with Gasteiger partial charge in [-0.05, 0) is 12.8 Å². The molecule has 0 saturated carbocycles. The standard InChI is InChI=1S/C19H28N2O6/c1-5-13(22)8-9-15(24)26-16-12(4)19(6-2,7-3)27-17(16)21-11-10-14(23)20-18(21)25/h10-12,16-17H,5-9H2,1-4H3,(H,20,23,25)/t12?,16-,17+/m0/s1. The molecule has 0 amide bonds. The van der Waals surface area contributed by atoms with E-state index in [-0.39, 0.29) is 24.5 Å². The third kappa shape index (κ3) is 4.37. The lowest BCUT2D eigenvalue weighted by atomic mass is 9.82. The number of carbonyl (C=O) groups is 2. The van der Waals surface area contributed by atoms with E-state index in [2.05, 4.69) is 4.98 Å². The molecule has 1 unspecified atom stereocenters. The number of H-pyrrole nitrogens is 1. The van der Waals surface area contributed by atoms with Crippen molar-refractivity contribution in [1.29, 1.82) is 0 Å². The summed E-state index contributed by atoms with van der Waals surface area (Å²) < 4.78 is 13.1. The van der Waals surface area contributed by atoms with E-state index in [0.717, 1.165) is 0 Å². The lowest BCUT2D eigenvalue weighted by molar-refractivity contribution is -0.158. The fourth-order valence-corrected chi connectivity index (χ4v) is 3.65. The Morgan fingerprint density at radius 3 is 2.44 bits per heavy atom. The van der Waals surface area contributed by atoms with Crippen molar-refractivity contribution in [3.63, 3.8) is 0 Å². The van der Waals surface area contributed by atoms with Crippen LogP contribution in [0.25, 0.3) is 0 Å². The van der Waals surface area contributed by atoms with Gasteiger partial charge in [0.2, 0.25) is 0 Å². The van der Waals surface area contributed by atoms with Crippen LogP contribution in [0.5, 0.6) is 0 Å². The first-order valence-corrected chi connectivity index (χ1v) is 9.48. The highest BCUT2D eigenvalue weighted by Gasteiger charge is 2.53. The van der Waals surface area contributed by atoms with E-state index < -0.39 is 35.2 Å². The van der Waals surface area contributed by atoms with Crippen LogP contribution in [0.3, 0.4) is 0 Å². The maximum Gasteiger partial charge on any atom is 0.330 e. The van der Waals surface area contributed by atoms with Gasteiger partial charge in [-0.1, -0.05) is 27.7 Å². The van der Waals surface area contributed by atoms with Gasteiger partial charge in [0.25, 0.3) is 5.56 Å². The van der Waals surface area contributed by atoms with E-state index in [9.17, 15) is 19.2 Å². The number of aromatic amines is 1. The van der Waals surface area contributed by atoms with Crippen LogP contribution in [0, 0.1) is 5.92 Å². The molecular weight excluding hydrogens is 352 g/mol. The third-order valence-corrected chi connectivity index (χ3v) is 5.55. The van der Waals surface area contributed by atoms with Gasteiger partial charge in [-0.25, -0.2) is 4.79 Å². The molecule has 2 rings (SSSR count). The van der Waals surface area contributed by atoms with Crippen molar-refractivity contribution < 1.29 is 19.1 Å². The Labute approximate surface area is 157 Å². The lowest BCUT2D eigenvalue weighted by Gasteiger charge is -2.30. The maximum absolute atomic E-state index is 12.3. The highest BCUT2D eigenvalue weighted by molar-refractivity contribution is 5.82. The van der Waals surface area contributed by atoms with Crippen LogP contribution in [0.15, 0.2) is 21.9 Å². The summed E-state index contributed by atoms with van der Waals surface area (Å²) in [6.45, 7) is 7.64. The van der Waals surface area contributed by atoms with Gasteiger partial charge in [0.1, 0.15) is 5.78 Å². The fraction of sp³-hybridized carbons (Fsp3) is 0.684. The minimum Gasteiger partial charge on any atom is -0.457 e. The van der Waals surface area contributed by atoms with Gasteiger partial charge >= 0.3 is 11.7 Å². The second-order valence-corrected chi connectivity index (χ2v) is 6.93. The van der Waals surface area contributed by atoms with E-state index in [1.807, 2.05) is 20.8 Å². The number of Topliss-reactive ketones (excluding diaryl/α,β-unsaturated/α-hetero) is 1. The molecule has 1 aromatic rings. The van der Waals surface area contributed by atoms with Crippen molar-refractivity contribution in [3.8, 4) is 0 Å². The number of aromatic nitrogens is 2. The second kappa shape index (κ2) is 8.65. The molecule has 1 aliphatic heterocycles. The summed E-state index contributed by atoms with van der Waals surface area (Å²) in [4.78, 5) is 49.6. The number of ketones is 1. The zero-order valence-corrected chi connectivity index (χ0v) is 16.3. The zero-order chi connectivity index (χ0) is 20.2. The van der Waals surface area contributed by atoms with Gasteiger partial charge in [0, 0.05) is 31.0 Å². The predicted octanol–water partition coefficient (Wildman–Crippen LogP) is 1.93. The van der Waals surface area contributed by atoms with Crippen LogP contribution < -0.4 is 11.2 Å². The number of ether oxygens (including phenoxy) is 2. The highest BCUT2D eigenvalue weighted by Crippen LogP contribution is 2.46. The fourth-order valence-electron chi connectivity index (χ4n) is 3.65. The molecule has 1 aromatic heterocycles. The van der Waals surface area contributed by atoms with E-state index in [0.29, 0.717) is 19.3 Å². The average molecular weight is 380 g/mol. The van der Waals surface area contributed by atoms with Crippen LogP contribution in [-0.2, 0) is 19.1 Å². The van der Waals surface area contributed by atoms with Crippen LogP contribution in [-0.4, -0.2) is 33.0 Å². The summed E-state index contributed by atoms with van der Waals surface area (Å²) in [7, 11) is 0. The van der Waals surface area contributed by atoms with E-state index in [4.69, 9.17) is 9.47 Å². The van der Waals surface area contributed by atoms with Crippen LogP contribution in [0.1, 0.15) is 66.0 Å². The molecule has 1 N–H and O–H groups in total. The summed E-state index contributed by atoms with van der Waals surface area (Å²) in [5, 5.41) is 0. The van der Waals surface area contributed by atoms with Crippen LogP contribution in [0.4, 0.5) is 0 Å². The SMILES string of the molecule is CCC(=O)CCC(=O)O[C@H]1C(C)C(CC)(CC)O[C@H]1n1ccc(=O)[nH]c1=O. The first kappa shape index (κ1) is 21.1. The number of nitrogens with one attached hydrogen (secondary N) is 1. The quantitative estimate of drug-likeness (QED) is 0.691. The lowest BCUT2D eigenvalue weighted by Crippen LogP contribution is -2.38. The maximum atomic E-state index is 12.3. The zero-order valence-electron chi connectivity index (χ0n) is 16.3. The van der Waals surface area contributed by atoms with Crippen molar-refractivity contribution in [2.45, 2.75) is 77.7 Å². The minimum absolute atomic E-state index is 0.00557. The Hall–Kier alpha value is -2.22. The first-order valence-electron chi connectivity index (χ1n) is 9.48. The minimum atomic E-state index is -0.838. The molecule has 2 heterocycles. The summed E-state index contributed by atoms with van der Waals surface area (Å²) in [5.74, 6) is -0.669. The van der Waals surface area contributed by atoms with E-state index in [1.165, 1.54) is 16.8 Å². The molecule has 0 radical (unpaired) electrons. The molecule has 8 heteroatoms. The molecule has 0 aliphatic carbocycles. The second-order valence-electron chi connectivity index (χ2n) is 6.93. The molecule has 3 atom stereocenters. The summed E-state index contributed by atoms with van der Waals surface area (Å²) in [6, 6.07) is 1.23. The van der Waals surface area contributed by atoms with Gasteiger partial charge in [-0.2, -0.15) is 0 Å². The Morgan fingerprint density at radius 1 is 1.22 bits per heavy atom. The molecule has 0 bridgehead atoms. The number of carbonyl (C=O) groups excluding carboxylic acids is 2. The Balaban J connectivity index is 2.31. The van der Waals surface area contributed by atoms with Gasteiger partial charge in [0.05, 0.1) is 12.0 Å². The molecule has 150 valence electrons. The summed E-state index contributed by atoms with van der Waals surface area (Å²) >= 11 is 0. The van der Waals surface area contributed by atoms with Crippen LogP contribution >= 0.6 is 0 Å². The number of rotatable bonds is 8. The van der Waals surface area contributed by atoms with Gasteiger partial charge in [-0.3, -0.25) is 23.9 Å². The Kier molecular flexibility index (Phi) is 6.75. The number of hydrogen-bond acceptors (Lipinski definition) is 6. The van der Waals surface area contributed by atoms with Gasteiger partial charge < -0.3 is 9.47 Å². The molecular formula is C19H28N2O6. The molecule has 1 aliphatic rings. The van der Waals surface area contributed by atoms with Crippen molar-refractivity contribution in [1.82, 2.24) is 9.55 Å². The molecule has 1 fully saturated rings. The average Bonchev–Trinajstić information content (AvgIpc) is 2.92. The molecule has 0 aromatic carbocycles. The third-order valence-electron chi connectivity index (χ3n) is 5.55. The molecule has 8 nitrogen and oxygen atoms in total. The topological polar surface area (TPSA) is 107 Å². The van der Waals surface area contributed by atoms with Crippen molar-refractivity contribution in [2.24, 2.45) is 5.92 Å². The Morgan fingerprint density at radius 2 is 1.89 bits per heavy atom. The first-order chi connectivity index (χ1) is 12.8. The molecule has 0 spiro atoms. The number of hydrogen-bond donors (Lipinski definition) is 1. The summed E-state index contributed by atoms with van der Waals surface area (Å²) in [5.41, 5.74) is -1.68. The van der Waals surface area contributed by atoms with E-state index >= 15 is 0 Å². The normalized spacial score (nSPS) is 23.9. The number of esters is 1. The van der Waals surface area contributed by atoms with Crippen molar-refractivity contribution >= 4 is 11.8 Å². The summed E-state index contributed by atoms with van der Waals surface area (Å²) in [6.07, 6.45) is 1.68. The Bertz CT molecular complexity index is 792. The number of nitrogens with zero attached hydrogens (tertiary/aromatic N) is 1. The monoisotopic (exact) mass is 380 g/mol. The van der Waals surface area contributed by atoms with Gasteiger partial charge in [-0.15, -0.1) is 0 Å². The molecule has 27 heavy (non-hydrogen) atoms. The largest absolute Gasteiger partial charge is 0.457 e. The predicted molar refractivity (Wildman–Crippen MR) is 98.3 cm³/mol. The smallest absolute Gasteiger partial charge is 0.330 e. The van der Waals surface area contributed by atoms with Gasteiger partial charge in [0.15, 0.2) is 12.3 Å². The highest BCUT2D eigenvalue weighted by atomic mass is 16.6. The molecule has 1 saturated heterocycles.